The third-order valence-corrected chi connectivity index (χ3v) is 4.13. The van der Waals surface area contributed by atoms with Crippen molar-refractivity contribution in [2.75, 3.05) is 10.6 Å². The molecule has 0 spiro atoms. The van der Waals surface area contributed by atoms with E-state index in [1.54, 1.807) is 36.4 Å². The van der Waals surface area contributed by atoms with Crippen LogP contribution in [0.5, 0.6) is 0 Å². The van der Waals surface area contributed by atoms with Crippen molar-refractivity contribution in [2.24, 2.45) is 0 Å². The van der Waals surface area contributed by atoms with Crippen molar-refractivity contribution in [3.8, 4) is 0 Å². The van der Waals surface area contributed by atoms with Crippen LogP contribution in [-0.4, -0.2) is 14.9 Å². The first kappa shape index (κ1) is 19.4. The van der Waals surface area contributed by atoms with Gasteiger partial charge < -0.3 is 10.6 Å². The number of rotatable bonds is 5. The van der Waals surface area contributed by atoms with Crippen LogP contribution in [0.2, 0.25) is 20.1 Å². The molecule has 0 amide bonds. The van der Waals surface area contributed by atoms with Crippen LogP contribution in [-0.2, 0) is 0 Å². The molecule has 1 heterocycles. The number of nitro groups is 1. The summed E-state index contributed by atoms with van der Waals surface area (Å²) >= 11 is 23.8. The molecule has 0 saturated carbocycles. The minimum atomic E-state index is -0.608. The summed E-state index contributed by atoms with van der Waals surface area (Å²) in [5, 5.41) is 18.8. The number of nitrogens with zero attached hydrogens (tertiary/aromatic N) is 3. The van der Waals surface area contributed by atoms with Crippen LogP contribution in [0.15, 0.2) is 42.7 Å². The number of hydrogen-bond acceptors (Lipinski definition) is 6. The van der Waals surface area contributed by atoms with Gasteiger partial charge in [0, 0.05) is 31.5 Å². The Morgan fingerprint density at radius 3 is 1.44 bits per heavy atom. The zero-order chi connectivity index (χ0) is 19.6. The Labute approximate surface area is 173 Å². The Balaban J connectivity index is 2.00. The topological polar surface area (TPSA) is 93.0 Å². The van der Waals surface area contributed by atoms with Gasteiger partial charge in [-0.15, -0.1) is 0 Å². The molecule has 1 aromatic heterocycles. The highest BCUT2D eigenvalue weighted by molar-refractivity contribution is 6.35. The molecule has 138 valence electrons. The van der Waals surface area contributed by atoms with Gasteiger partial charge in [0.05, 0.1) is 4.92 Å². The van der Waals surface area contributed by atoms with E-state index in [9.17, 15) is 10.1 Å². The number of benzene rings is 2. The first-order valence-electron chi connectivity index (χ1n) is 7.27. The largest absolute Gasteiger partial charge is 0.353 e. The standard InChI is InChI=1S/C16H9Cl4N5O2/c17-8-1-9(18)4-12(3-8)23-15-14(25(26)27)16(22-7-21-15)24-13-5-10(19)2-11(20)6-13/h1-7H,(H2,21,22,23,24). The summed E-state index contributed by atoms with van der Waals surface area (Å²) in [6, 6.07) is 9.32. The van der Waals surface area contributed by atoms with Gasteiger partial charge in [0.1, 0.15) is 6.33 Å². The monoisotopic (exact) mass is 443 g/mol. The fraction of sp³-hybridized carbons (Fsp3) is 0. The van der Waals surface area contributed by atoms with Crippen LogP contribution in [0.4, 0.5) is 28.7 Å². The predicted octanol–water partition coefficient (Wildman–Crippen LogP) is 6.49. The van der Waals surface area contributed by atoms with Gasteiger partial charge >= 0.3 is 5.69 Å². The lowest BCUT2D eigenvalue weighted by Crippen LogP contribution is -2.05. The minimum absolute atomic E-state index is 0.0380. The lowest BCUT2D eigenvalue weighted by molar-refractivity contribution is -0.383. The second-order valence-corrected chi connectivity index (χ2v) is 6.99. The molecule has 3 aromatic rings. The molecule has 27 heavy (non-hydrogen) atoms. The van der Waals surface area contributed by atoms with Gasteiger partial charge in [0.15, 0.2) is 0 Å². The van der Waals surface area contributed by atoms with Crippen molar-refractivity contribution in [2.45, 2.75) is 0 Å². The first-order valence-corrected chi connectivity index (χ1v) is 8.78. The van der Waals surface area contributed by atoms with E-state index in [-0.39, 0.29) is 17.3 Å². The molecule has 0 saturated heterocycles. The normalized spacial score (nSPS) is 10.5. The molecule has 7 nitrogen and oxygen atoms in total. The Morgan fingerprint density at radius 1 is 0.741 bits per heavy atom. The SMILES string of the molecule is O=[N+]([O-])c1c(Nc2cc(Cl)cc(Cl)c2)ncnc1Nc1cc(Cl)cc(Cl)c1. The predicted molar refractivity (Wildman–Crippen MR) is 108 cm³/mol. The van der Waals surface area contributed by atoms with E-state index in [0.717, 1.165) is 0 Å². The van der Waals surface area contributed by atoms with E-state index in [1.165, 1.54) is 6.33 Å². The number of aromatic nitrogens is 2. The van der Waals surface area contributed by atoms with Crippen LogP contribution in [0, 0.1) is 10.1 Å². The fourth-order valence-electron chi connectivity index (χ4n) is 2.26. The summed E-state index contributed by atoms with van der Waals surface area (Å²) in [6.45, 7) is 0. The third-order valence-electron chi connectivity index (χ3n) is 3.26. The van der Waals surface area contributed by atoms with Gasteiger partial charge in [0.2, 0.25) is 11.6 Å². The van der Waals surface area contributed by atoms with Crippen molar-refractivity contribution < 1.29 is 4.92 Å². The van der Waals surface area contributed by atoms with Crippen molar-refractivity contribution in [3.05, 3.63) is 72.9 Å². The van der Waals surface area contributed by atoms with E-state index in [2.05, 4.69) is 20.6 Å². The molecule has 0 bridgehead atoms. The van der Waals surface area contributed by atoms with E-state index in [0.29, 0.717) is 31.5 Å². The second-order valence-electron chi connectivity index (χ2n) is 5.24. The summed E-state index contributed by atoms with van der Waals surface area (Å²) in [5.74, 6) is -0.0760. The molecule has 2 N–H and O–H groups in total. The molecule has 0 unspecified atom stereocenters. The van der Waals surface area contributed by atoms with Gasteiger partial charge in [-0.25, -0.2) is 9.97 Å². The van der Waals surface area contributed by atoms with Crippen LogP contribution >= 0.6 is 46.4 Å². The molecule has 0 fully saturated rings. The highest BCUT2D eigenvalue weighted by atomic mass is 35.5. The van der Waals surface area contributed by atoms with Crippen LogP contribution in [0.1, 0.15) is 0 Å². The van der Waals surface area contributed by atoms with E-state index >= 15 is 0 Å². The van der Waals surface area contributed by atoms with Gasteiger partial charge in [-0.2, -0.15) is 0 Å². The average Bonchev–Trinajstić information content (AvgIpc) is 2.52. The van der Waals surface area contributed by atoms with Crippen LogP contribution in [0.3, 0.4) is 0 Å². The maximum Gasteiger partial charge on any atom is 0.353 e. The second kappa shape index (κ2) is 8.14. The van der Waals surface area contributed by atoms with Crippen LogP contribution in [0.25, 0.3) is 0 Å². The molecule has 3 rings (SSSR count). The summed E-state index contributed by atoms with van der Waals surface area (Å²) < 4.78 is 0. The zero-order valence-corrected chi connectivity index (χ0v) is 16.2. The quantitative estimate of drug-likeness (QED) is 0.345. The number of hydrogen-bond donors (Lipinski definition) is 2. The molecule has 0 atom stereocenters. The smallest absolute Gasteiger partial charge is 0.334 e. The minimum Gasteiger partial charge on any atom is -0.334 e. The van der Waals surface area contributed by atoms with Crippen molar-refractivity contribution in [1.82, 2.24) is 9.97 Å². The van der Waals surface area contributed by atoms with E-state index in [1.807, 2.05) is 0 Å². The summed E-state index contributed by atoms with van der Waals surface area (Å²) in [4.78, 5) is 18.9. The van der Waals surface area contributed by atoms with Gasteiger partial charge in [-0.3, -0.25) is 10.1 Å². The highest BCUT2D eigenvalue weighted by Gasteiger charge is 2.23. The van der Waals surface area contributed by atoms with Crippen LogP contribution < -0.4 is 10.6 Å². The molecule has 0 aliphatic heterocycles. The lowest BCUT2D eigenvalue weighted by atomic mass is 10.3. The molecular formula is C16H9Cl4N5O2. The molecular weight excluding hydrogens is 436 g/mol. The summed E-state index contributed by atoms with van der Waals surface area (Å²) in [7, 11) is 0. The molecule has 2 aromatic carbocycles. The maximum atomic E-state index is 11.6. The van der Waals surface area contributed by atoms with Gasteiger partial charge in [-0.1, -0.05) is 46.4 Å². The Kier molecular flexibility index (Phi) is 5.86. The Bertz CT molecular complexity index is 919. The van der Waals surface area contributed by atoms with Gasteiger partial charge in [-0.05, 0) is 36.4 Å². The van der Waals surface area contributed by atoms with Crippen molar-refractivity contribution in [1.29, 1.82) is 0 Å². The summed E-state index contributed by atoms with van der Waals surface area (Å²) in [6.07, 6.45) is 1.18. The number of anilines is 4. The number of nitrogens with one attached hydrogen (secondary N) is 2. The third kappa shape index (κ3) is 4.90. The Hall–Kier alpha value is -2.32. The number of halogens is 4. The first-order chi connectivity index (χ1) is 12.8. The van der Waals surface area contributed by atoms with Crippen molar-refractivity contribution >= 4 is 75.1 Å². The maximum absolute atomic E-state index is 11.6. The molecule has 11 heteroatoms. The Morgan fingerprint density at radius 2 is 1.11 bits per heavy atom. The summed E-state index contributed by atoms with van der Waals surface area (Å²) in [5.41, 5.74) is 0.502. The van der Waals surface area contributed by atoms with Crippen molar-refractivity contribution in [3.63, 3.8) is 0 Å². The average molecular weight is 445 g/mol. The van der Waals surface area contributed by atoms with E-state index < -0.39 is 4.92 Å². The molecule has 0 aliphatic carbocycles. The fourth-order valence-corrected chi connectivity index (χ4v) is 3.31. The van der Waals surface area contributed by atoms with Gasteiger partial charge in [0.25, 0.3) is 0 Å². The molecule has 0 radical (unpaired) electrons. The highest BCUT2D eigenvalue weighted by Crippen LogP contribution is 2.35. The van der Waals surface area contributed by atoms with E-state index in [4.69, 9.17) is 46.4 Å². The lowest BCUT2D eigenvalue weighted by Gasteiger charge is -2.11. The zero-order valence-electron chi connectivity index (χ0n) is 13.2. The molecule has 0 aliphatic rings.